The van der Waals surface area contributed by atoms with Crippen LogP contribution in [0.2, 0.25) is 0 Å². The number of hydrogen-bond donors (Lipinski definition) is 1. The summed E-state index contributed by atoms with van der Waals surface area (Å²) in [5, 5.41) is 0. The number of nitrogens with zero attached hydrogens (tertiary/aromatic N) is 2. The second kappa shape index (κ2) is 3.87. The Bertz CT molecular complexity index is 222. The van der Waals surface area contributed by atoms with E-state index in [4.69, 9.17) is 5.73 Å². The van der Waals surface area contributed by atoms with Crippen LogP contribution in [0.25, 0.3) is 0 Å². The van der Waals surface area contributed by atoms with Crippen LogP contribution in [0.1, 0.15) is 20.8 Å². The summed E-state index contributed by atoms with van der Waals surface area (Å²) in [5.74, 6) is 0.199. The van der Waals surface area contributed by atoms with Gasteiger partial charge >= 0.3 is 0 Å². The Hall–Kier alpha value is -0.610. The van der Waals surface area contributed by atoms with Gasteiger partial charge in [0.1, 0.15) is 0 Å². The molecule has 1 atom stereocenters. The van der Waals surface area contributed by atoms with E-state index in [-0.39, 0.29) is 11.4 Å². The Balaban J connectivity index is 2.74. The molecular weight excluding hydrogens is 178 g/mol. The maximum atomic E-state index is 11.8. The molecule has 1 unspecified atom stereocenters. The van der Waals surface area contributed by atoms with Crippen LogP contribution in [-0.2, 0) is 4.79 Å². The molecule has 0 aliphatic carbocycles. The highest BCUT2D eigenvalue weighted by atomic mass is 16.2. The first-order valence-corrected chi connectivity index (χ1v) is 5.07. The van der Waals surface area contributed by atoms with Crippen LogP contribution in [0.5, 0.6) is 0 Å². The van der Waals surface area contributed by atoms with Crippen molar-refractivity contribution in [2.75, 3.05) is 26.7 Å². The van der Waals surface area contributed by atoms with Gasteiger partial charge in [-0.25, -0.2) is 0 Å². The predicted molar refractivity (Wildman–Crippen MR) is 56.9 cm³/mol. The number of piperazine rings is 1. The lowest BCUT2D eigenvalue weighted by atomic mass is 10.0. The van der Waals surface area contributed by atoms with Gasteiger partial charge in [0.05, 0.1) is 6.54 Å². The van der Waals surface area contributed by atoms with Crippen molar-refractivity contribution in [1.82, 2.24) is 9.80 Å². The van der Waals surface area contributed by atoms with Crippen LogP contribution < -0.4 is 5.73 Å². The van der Waals surface area contributed by atoms with Crippen molar-refractivity contribution in [1.29, 1.82) is 0 Å². The number of amides is 1. The average Bonchev–Trinajstić information content (AvgIpc) is 2.02. The number of nitrogens with two attached hydrogens (primary N) is 1. The van der Waals surface area contributed by atoms with Gasteiger partial charge in [0.2, 0.25) is 5.91 Å². The van der Waals surface area contributed by atoms with E-state index >= 15 is 0 Å². The molecule has 1 saturated heterocycles. The molecule has 1 fully saturated rings. The van der Waals surface area contributed by atoms with Crippen molar-refractivity contribution < 1.29 is 4.79 Å². The van der Waals surface area contributed by atoms with Crippen molar-refractivity contribution >= 4 is 5.91 Å². The Morgan fingerprint density at radius 2 is 2.07 bits per heavy atom. The molecule has 1 rings (SSSR count). The van der Waals surface area contributed by atoms with E-state index < -0.39 is 0 Å². The lowest BCUT2D eigenvalue weighted by Crippen LogP contribution is -2.61. The Morgan fingerprint density at radius 3 is 2.50 bits per heavy atom. The van der Waals surface area contributed by atoms with Gasteiger partial charge in [-0.05, 0) is 27.8 Å². The van der Waals surface area contributed by atoms with Crippen LogP contribution in [0, 0.1) is 0 Å². The molecule has 4 nitrogen and oxygen atoms in total. The molecule has 4 heteroatoms. The summed E-state index contributed by atoms with van der Waals surface area (Å²) in [6.45, 7) is 8.02. The minimum absolute atomic E-state index is 0.0915. The van der Waals surface area contributed by atoms with Crippen molar-refractivity contribution in [3.8, 4) is 0 Å². The molecule has 0 saturated carbocycles. The number of hydrogen-bond acceptors (Lipinski definition) is 3. The van der Waals surface area contributed by atoms with Gasteiger partial charge in [0.25, 0.3) is 0 Å². The highest BCUT2D eigenvalue weighted by Crippen LogP contribution is 2.18. The van der Waals surface area contributed by atoms with Crippen LogP contribution in [-0.4, -0.2) is 54.0 Å². The fourth-order valence-electron chi connectivity index (χ4n) is 1.78. The summed E-state index contributed by atoms with van der Waals surface area (Å²) < 4.78 is 0. The second-order valence-corrected chi connectivity index (χ2v) is 4.98. The summed E-state index contributed by atoms with van der Waals surface area (Å²) >= 11 is 0. The third-order valence-electron chi connectivity index (χ3n) is 2.78. The highest BCUT2D eigenvalue weighted by molar-refractivity contribution is 5.79. The Labute approximate surface area is 86.0 Å². The van der Waals surface area contributed by atoms with Crippen LogP contribution >= 0.6 is 0 Å². The standard InChI is InChI=1S/C10H21N3O/c1-10(2,3)13-6-8(5-11)12(4)7-9(13)14/h8H,5-7,11H2,1-4H3. The molecule has 0 aromatic rings. The van der Waals surface area contributed by atoms with Crippen LogP contribution in [0.15, 0.2) is 0 Å². The van der Waals surface area contributed by atoms with Gasteiger partial charge in [0.15, 0.2) is 0 Å². The molecule has 0 aromatic heterocycles. The summed E-state index contributed by atoms with van der Waals surface area (Å²) in [5.41, 5.74) is 5.57. The molecule has 1 heterocycles. The lowest BCUT2D eigenvalue weighted by Gasteiger charge is -2.45. The van der Waals surface area contributed by atoms with E-state index in [1.165, 1.54) is 0 Å². The summed E-state index contributed by atoms with van der Waals surface area (Å²) in [6, 6.07) is 0.298. The molecule has 82 valence electrons. The van der Waals surface area contributed by atoms with E-state index in [9.17, 15) is 4.79 Å². The molecule has 1 amide bonds. The first-order valence-electron chi connectivity index (χ1n) is 5.07. The Kier molecular flexibility index (Phi) is 3.17. The molecule has 0 bridgehead atoms. The summed E-state index contributed by atoms with van der Waals surface area (Å²) in [6.07, 6.45) is 0. The smallest absolute Gasteiger partial charge is 0.237 e. The monoisotopic (exact) mass is 199 g/mol. The first-order chi connectivity index (χ1) is 6.36. The third-order valence-corrected chi connectivity index (χ3v) is 2.78. The number of carbonyl (C=O) groups excluding carboxylic acids is 1. The fourth-order valence-corrected chi connectivity index (χ4v) is 1.78. The van der Waals surface area contributed by atoms with E-state index in [0.717, 1.165) is 6.54 Å². The summed E-state index contributed by atoms with van der Waals surface area (Å²) in [7, 11) is 1.95. The van der Waals surface area contributed by atoms with Gasteiger partial charge < -0.3 is 10.6 Å². The van der Waals surface area contributed by atoms with E-state index in [2.05, 4.69) is 20.8 Å². The number of likely N-dealkylation sites (N-methyl/N-ethyl adjacent to an activating group) is 1. The van der Waals surface area contributed by atoms with Gasteiger partial charge in [0, 0.05) is 24.7 Å². The molecule has 14 heavy (non-hydrogen) atoms. The third kappa shape index (κ3) is 2.25. The van der Waals surface area contributed by atoms with E-state index in [0.29, 0.717) is 19.1 Å². The molecule has 1 aliphatic rings. The zero-order chi connectivity index (χ0) is 10.9. The number of rotatable bonds is 1. The molecule has 0 spiro atoms. The SMILES string of the molecule is CN1CC(=O)N(C(C)(C)C)CC1CN. The van der Waals surface area contributed by atoms with Crippen molar-refractivity contribution in [2.24, 2.45) is 5.73 Å². The van der Waals surface area contributed by atoms with Gasteiger partial charge in [-0.2, -0.15) is 0 Å². The molecule has 1 aliphatic heterocycles. The topological polar surface area (TPSA) is 49.6 Å². The van der Waals surface area contributed by atoms with E-state index in [1.54, 1.807) is 0 Å². The predicted octanol–water partition coefficient (Wildman–Crippen LogP) is -0.114. The highest BCUT2D eigenvalue weighted by Gasteiger charge is 2.34. The zero-order valence-corrected chi connectivity index (χ0v) is 9.58. The van der Waals surface area contributed by atoms with Gasteiger partial charge in [-0.15, -0.1) is 0 Å². The minimum Gasteiger partial charge on any atom is -0.335 e. The maximum Gasteiger partial charge on any atom is 0.237 e. The van der Waals surface area contributed by atoms with E-state index in [1.807, 2.05) is 16.8 Å². The number of carbonyl (C=O) groups is 1. The largest absolute Gasteiger partial charge is 0.335 e. The maximum absolute atomic E-state index is 11.8. The fraction of sp³-hybridized carbons (Fsp3) is 0.900. The lowest BCUT2D eigenvalue weighted by molar-refractivity contribution is -0.143. The van der Waals surface area contributed by atoms with Crippen molar-refractivity contribution in [3.05, 3.63) is 0 Å². The molecule has 0 radical (unpaired) electrons. The van der Waals surface area contributed by atoms with Crippen molar-refractivity contribution in [3.63, 3.8) is 0 Å². The Morgan fingerprint density at radius 1 is 1.50 bits per heavy atom. The summed E-state index contributed by atoms with van der Waals surface area (Å²) in [4.78, 5) is 15.7. The van der Waals surface area contributed by atoms with Crippen LogP contribution in [0.3, 0.4) is 0 Å². The van der Waals surface area contributed by atoms with Crippen molar-refractivity contribution in [2.45, 2.75) is 32.4 Å². The first kappa shape index (κ1) is 11.5. The quantitative estimate of drug-likeness (QED) is 0.641. The minimum atomic E-state index is -0.0915. The molecular formula is C10H21N3O. The normalized spacial score (nSPS) is 25.6. The van der Waals surface area contributed by atoms with Gasteiger partial charge in [-0.3, -0.25) is 9.69 Å². The molecule has 0 aromatic carbocycles. The van der Waals surface area contributed by atoms with Crippen LogP contribution in [0.4, 0.5) is 0 Å². The second-order valence-electron chi connectivity index (χ2n) is 4.98. The molecule has 2 N–H and O–H groups in total. The van der Waals surface area contributed by atoms with Gasteiger partial charge in [-0.1, -0.05) is 0 Å². The zero-order valence-electron chi connectivity index (χ0n) is 9.58. The average molecular weight is 199 g/mol.